The van der Waals surface area contributed by atoms with Gasteiger partial charge in [-0.1, -0.05) is 12.1 Å². The maximum Gasteiger partial charge on any atom is 0.139 e. The fourth-order valence-corrected chi connectivity index (χ4v) is 1.55. The summed E-state index contributed by atoms with van der Waals surface area (Å²) in [6.45, 7) is 1.77. The first-order valence-electron chi connectivity index (χ1n) is 5.22. The van der Waals surface area contributed by atoms with Crippen LogP contribution in [0.2, 0.25) is 0 Å². The Hall–Kier alpha value is -2.36. The van der Waals surface area contributed by atoms with Crippen LogP contribution in [-0.2, 0) is 0 Å². The normalized spacial score (nSPS) is 10.2. The van der Waals surface area contributed by atoms with Crippen LogP contribution in [0.4, 0.5) is 17.1 Å². The van der Waals surface area contributed by atoms with Gasteiger partial charge in [-0.15, -0.1) is 0 Å². The molecule has 17 heavy (non-hydrogen) atoms. The van der Waals surface area contributed by atoms with Crippen molar-refractivity contribution in [2.75, 3.05) is 11.1 Å². The molecule has 4 heteroatoms. The van der Waals surface area contributed by atoms with Crippen molar-refractivity contribution < 1.29 is 10.2 Å². The summed E-state index contributed by atoms with van der Waals surface area (Å²) < 4.78 is 0. The summed E-state index contributed by atoms with van der Waals surface area (Å²) in [5.41, 5.74) is 8.17. The number of hydrogen-bond acceptors (Lipinski definition) is 4. The molecule has 88 valence electrons. The Kier molecular flexibility index (Phi) is 2.78. The van der Waals surface area contributed by atoms with E-state index in [9.17, 15) is 10.2 Å². The summed E-state index contributed by atoms with van der Waals surface area (Å²) in [6.07, 6.45) is 0. The molecule has 0 aliphatic carbocycles. The van der Waals surface area contributed by atoms with Gasteiger partial charge in [0.1, 0.15) is 11.5 Å². The lowest BCUT2D eigenvalue weighted by Gasteiger charge is -2.12. The van der Waals surface area contributed by atoms with Gasteiger partial charge in [-0.2, -0.15) is 0 Å². The number of nitrogens with two attached hydrogens (primary N) is 1. The highest BCUT2D eigenvalue weighted by Gasteiger charge is 2.06. The number of rotatable bonds is 2. The molecule has 0 atom stereocenters. The number of aryl methyl sites for hydroxylation is 1. The molecule has 0 fully saturated rings. The van der Waals surface area contributed by atoms with E-state index in [4.69, 9.17) is 5.73 Å². The van der Waals surface area contributed by atoms with Crippen LogP contribution in [0.1, 0.15) is 5.56 Å². The molecule has 0 saturated heterocycles. The van der Waals surface area contributed by atoms with Crippen LogP contribution in [0, 0.1) is 6.92 Å². The van der Waals surface area contributed by atoms with E-state index in [1.54, 1.807) is 37.3 Å². The Balaban J connectivity index is 2.37. The van der Waals surface area contributed by atoms with E-state index in [0.29, 0.717) is 22.6 Å². The van der Waals surface area contributed by atoms with Crippen molar-refractivity contribution in [1.82, 2.24) is 0 Å². The third-order valence-corrected chi connectivity index (χ3v) is 2.54. The topological polar surface area (TPSA) is 78.5 Å². The van der Waals surface area contributed by atoms with Crippen molar-refractivity contribution in [1.29, 1.82) is 0 Å². The van der Waals surface area contributed by atoms with Gasteiger partial charge in [0.25, 0.3) is 0 Å². The molecule has 0 spiro atoms. The summed E-state index contributed by atoms with van der Waals surface area (Å²) in [5.74, 6) is 0.295. The maximum absolute atomic E-state index is 9.62. The van der Waals surface area contributed by atoms with Crippen molar-refractivity contribution >= 4 is 17.1 Å². The van der Waals surface area contributed by atoms with E-state index >= 15 is 0 Å². The van der Waals surface area contributed by atoms with Crippen molar-refractivity contribution in [3.8, 4) is 11.5 Å². The van der Waals surface area contributed by atoms with Crippen LogP contribution >= 0.6 is 0 Å². The Morgan fingerprint density at radius 3 is 2.41 bits per heavy atom. The van der Waals surface area contributed by atoms with Crippen LogP contribution in [0.15, 0.2) is 36.4 Å². The van der Waals surface area contributed by atoms with Crippen LogP contribution < -0.4 is 11.1 Å². The maximum atomic E-state index is 9.62. The largest absolute Gasteiger partial charge is 0.508 e. The Morgan fingerprint density at radius 1 is 1.00 bits per heavy atom. The van der Waals surface area contributed by atoms with Gasteiger partial charge in [-0.05, 0) is 30.7 Å². The molecule has 5 N–H and O–H groups in total. The molecule has 0 aromatic heterocycles. The fraction of sp³-hybridized carbons (Fsp3) is 0.0769. The number of hydrogen-bond donors (Lipinski definition) is 4. The second kappa shape index (κ2) is 4.25. The molecular weight excluding hydrogens is 216 g/mol. The van der Waals surface area contributed by atoms with E-state index in [0.717, 1.165) is 0 Å². The minimum Gasteiger partial charge on any atom is -0.508 e. The molecule has 0 aliphatic rings. The molecule has 0 radical (unpaired) electrons. The lowest BCUT2D eigenvalue weighted by Crippen LogP contribution is -1.97. The van der Waals surface area contributed by atoms with E-state index in [-0.39, 0.29) is 11.5 Å². The molecular formula is C13H14N2O2. The number of phenols is 2. The van der Waals surface area contributed by atoms with Crippen molar-refractivity contribution in [3.63, 3.8) is 0 Å². The first kappa shape index (κ1) is 11.1. The zero-order valence-corrected chi connectivity index (χ0v) is 9.44. The Morgan fingerprint density at radius 2 is 1.71 bits per heavy atom. The van der Waals surface area contributed by atoms with Gasteiger partial charge in [0, 0.05) is 6.07 Å². The predicted molar refractivity (Wildman–Crippen MR) is 68.6 cm³/mol. The molecule has 2 aromatic carbocycles. The molecule has 0 unspecified atom stereocenters. The van der Waals surface area contributed by atoms with Gasteiger partial charge in [0.15, 0.2) is 0 Å². The fourth-order valence-electron chi connectivity index (χ4n) is 1.55. The summed E-state index contributed by atoms with van der Waals surface area (Å²) in [6, 6.07) is 10.1. The van der Waals surface area contributed by atoms with E-state index in [2.05, 4.69) is 5.32 Å². The SMILES string of the molecule is Cc1cc(N)c(Nc2ccccc2O)cc1O. The van der Waals surface area contributed by atoms with Gasteiger partial charge in [-0.25, -0.2) is 0 Å². The van der Waals surface area contributed by atoms with E-state index in [1.165, 1.54) is 6.07 Å². The Bertz CT molecular complexity index is 553. The number of benzene rings is 2. The second-order valence-corrected chi connectivity index (χ2v) is 3.87. The average molecular weight is 230 g/mol. The van der Waals surface area contributed by atoms with Gasteiger partial charge >= 0.3 is 0 Å². The predicted octanol–water partition coefficient (Wildman–Crippen LogP) is 2.73. The van der Waals surface area contributed by atoms with Gasteiger partial charge < -0.3 is 21.3 Å². The van der Waals surface area contributed by atoms with Gasteiger partial charge in [0.2, 0.25) is 0 Å². The van der Waals surface area contributed by atoms with Crippen molar-refractivity contribution in [2.45, 2.75) is 6.92 Å². The number of para-hydroxylation sites is 2. The van der Waals surface area contributed by atoms with Gasteiger partial charge in [0.05, 0.1) is 17.1 Å². The van der Waals surface area contributed by atoms with Crippen LogP contribution in [0.3, 0.4) is 0 Å². The minimum atomic E-state index is 0.131. The average Bonchev–Trinajstić information content (AvgIpc) is 2.29. The highest BCUT2D eigenvalue weighted by Crippen LogP contribution is 2.32. The molecule has 0 saturated carbocycles. The molecule has 0 aliphatic heterocycles. The zero-order chi connectivity index (χ0) is 12.4. The van der Waals surface area contributed by atoms with Crippen LogP contribution in [-0.4, -0.2) is 10.2 Å². The highest BCUT2D eigenvalue weighted by atomic mass is 16.3. The number of aromatic hydroxyl groups is 2. The number of nitrogen functional groups attached to an aromatic ring is 1. The number of phenolic OH excluding ortho intramolecular Hbond substituents is 2. The first-order chi connectivity index (χ1) is 8.08. The van der Waals surface area contributed by atoms with E-state index in [1.807, 2.05) is 0 Å². The highest BCUT2D eigenvalue weighted by molar-refractivity contribution is 5.77. The summed E-state index contributed by atoms with van der Waals surface area (Å²) in [5, 5.41) is 22.2. The van der Waals surface area contributed by atoms with Crippen LogP contribution in [0.5, 0.6) is 11.5 Å². The molecule has 0 heterocycles. The lowest BCUT2D eigenvalue weighted by atomic mass is 10.1. The second-order valence-electron chi connectivity index (χ2n) is 3.87. The van der Waals surface area contributed by atoms with E-state index < -0.39 is 0 Å². The quantitative estimate of drug-likeness (QED) is 0.363. The van der Waals surface area contributed by atoms with Crippen molar-refractivity contribution in [3.05, 3.63) is 42.0 Å². The minimum absolute atomic E-state index is 0.131. The molecule has 0 amide bonds. The zero-order valence-electron chi connectivity index (χ0n) is 9.44. The Labute approximate surface area is 99.3 Å². The molecule has 2 aromatic rings. The van der Waals surface area contributed by atoms with Crippen molar-refractivity contribution in [2.24, 2.45) is 0 Å². The standard InChI is InChI=1S/C13H14N2O2/c1-8-6-9(14)11(7-13(8)17)15-10-4-2-3-5-12(10)16/h2-7,15-17H,14H2,1H3. The third-order valence-electron chi connectivity index (χ3n) is 2.54. The lowest BCUT2D eigenvalue weighted by molar-refractivity contribution is 0.471. The summed E-state index contributed by atoms with van der Waals surface area (Å²) in [4.78, 5) is 0. The summed E-state index contributed by atoms with van der Waals surface area (Å²) in [7, 11) is 0. The molecule has 4 nitrogen and oxygen atoms in total. The van der Waals surface area contributed by atoms with Gasteiger partial charge in [-0.3, -0.25) is 0 Å². The number of anilines is 3. The summed E-state index contributed by atoms with van der Waals surface area (Å²) >= 11 is 0. The molecule has 0 bridgehead atoms. The first-order valence-corrected chi connectivity index (χ1v) is 5.22. The monoisotopic (exact) mass is 230 g/mol. The smallest absolute Gasteiger partial charge is 0.139 e. The third kappa shape index (κ3) is 2.25. The number of nitrogens with one attached hydrogen (secondary N) is 1. The molecule has 2 rings (SSSR count). The van der Waals surface area contributed by atoms with Crippen LogP contribution in [0.25, 0.3) is 0 Å².